The van der Waals surface area contributed by atoms with Crippen LogP contribution in [0.5, 0.6) is 11.5 Å². The van der Waals surface area contributed by atoms with E-state index in [1.807, 2.05) is 6.07 Å². The van der Waals surface area contributed by atoms with Crippen molar-refractivity contribution in [2.75, 3.05) is 56.7 Å². The number of methoxy groups -OCH3 is 2. The maximum Gasteiger partial charge on any atom is 0.230 e. The average Bonchev–Trinajstić information content (AvgIpc) is 2.93. The number of ether oxygens (including phenoxy) is 2. The molecule has 2 fully saturated rings. The fraction of sp³-hybridized carbons (Fsp3) is 0.552. The number of benzene rings is 2. The van der Waals surface area contributed by atoms with E-state index in [0.717, 1.165) is 81.3 Å². The van der Waals surface area contributed by atoms with Crippen molar-refractivity contribution >= 4 is 17.3 Å². The molecule has 1 atom stereocenters. The molecule has 6 heteroatoms. The van der Waals surface area contributed by atoms with Gasteiger partial charge in [0.05, 0.1) is 14.2 Å². The summed E-state index contributed by atoms with van der Waals surface area (Å²) in [5, 5.41) is 0. The molecular formula is C29H39N3O3. The Morgan fingerprint density at radius 2 is 1.57 bits per heavy atom. The molecule has 0 spiro atoms. The van der Waals surface area contributed by atoms with Crippen LogP contribution in [0.1, 0.15) is 44.1 Å². The SMILES string of the molecule is COc1cc(OC)cc(N2CCN(CC3CCc4ccccc4N3C(=O)C3CCCCC3)CC2)c1. The molecule has 0 aromatic heterocycles. The first kappa shape index (κ1) is 24.0. The van der Waals surface area contributed by atoms with Gasteiger partial charge in [0.2, 0.25) is 5.91 Å². The number of para-hydroxylation sites is 1. The Kier molecular flexibility index (Phi) is 7.47. The van der Waals surface area contributed by atoms with Crippen LogP contribution in [0.15, 0.2) is 42.5 Å². The minimum absolute atomic E-state index is 0.192. The number of carbonyl (C=O) groups excluding carboxylic acids is 1. The van der Waals surface area contributed by atoms with Gasteiger partial charge in [0.25, 0.3) is 0 Å². The molecule has 0 bridgehead atoms. The third-order valence-corrected chi connectivity index (χ3v) is 8.10. The van der Waals surface area contributed by atoms with Crippen LogP contribution in [0.25, 0.3) is 0 Å². The molecular weight excluding hydrogens is 438 g/mol. The van der Waals surface area contributed by atoms with Crippen LogP contribution in [0.4, 0.5) is 11.4 Å². The quantitative estimate of drug-likeness (QED) is 0.601. The van der Waals surface area contributed by atoms with Crippen molar-refractivity contribution in [2.24, 2.45) is 5.92 Å². The number of carbonyl (C=O) groups is 1. The van der Waals surface area contributed by atoms with E-state index >= 15 is 0 Å². The van der Waals surface area contributed by atoms with Gasteiger partial charge in [0, 0.05) is 74.3 Å². The summed E-state index contributed by atoms with van der Waals surface area (Å²) >= 11 is 0. The van der Waals surface area contributed by atoms with Crippen molar-refractivity contribution in [2.45, 2.75) is 51.0 Å². The molecule has 1 saturated carbocycles. The standard InChI is InChI=1S/C29H39N3O3/c1-34-26-18-25(19-27(20-26)35-2)31-16-14-30(15-17-31)21-24-13-12-22-8-6-7-11-28(22)32(24)29(33)23-9-4-3-5-10-23/h6-8,11,18-20,23-24H,3-5,9-10,12-17,21H2,1-2H3. The van der Waals surface area contributed by atoms with Crippen molar-refractivity contribution in [1.82, 2.24) is 4.90 Å². The van der Waals surface area contributed by atoms with Gasteiger partial charge in [-0.25, -0.2) is 0 Å². The fourth-order valence-electron chi connectivity index (χ4n) is 6.08. The highest BCUT2D eigenvalue weighted by molar-refractivity contribution is 5.97. The van der Waals surface area contributed by atoms with E-state index in [2.05, 4.69) is 51.1 Å². The Bertz CT molecular complexity index is 990. The van der Waals surface area contributed by atoms with Gasteiger partial charge in [-0.15, -0.1) is 0 Å². The topological polar surface area (TPSA) is 45.3 Å². The van der Waals surface area contributed by atoms with E-state index in [9.17, 15) is 4.79 Å². The minimum atomic E-state index is 0.192. The number of piperazine rings is 1. The summed E-state index contributed by atoms with van der Waals surface area (Å²) in [6.45, 7) is 4.83. The first-order valence-electron chi connectivity index (χ1n) is 13.3. The molecule has 1 saturated heterocycles. The molecule has 2 aromatic rings. The van der Waals surface area contributed by atoms with E-state index < -0.39 is 0 Å². The molecule has 3 aliphatic rings. The molecule has 6 nitrogen and oxygen atoms in total. The van der Waals surface area contributed by atoms with Crippen LogP contribution in [0, 0.1) is 5.92 Å². The number of hydrogen-bond donors (Lipinski definition) is 0. The number of rotatable bonds is 6. The molecule has 1 amide bonds. The Balaban J connectivity index is 1.27. The normalized spacial score (nSPS) is 21.5. The van der Waals surface area contributed by atoms with Crippen LogP contribution in [-0.4, -0.2) is 63.8 Å². The Morgan fingerprint density at radius 1 is 0.886 bits per heavy atom. The number of nitrogens with zero attached hydrogens (tertiary/aromatic N) is 3. The second kappa shape index (κ2) is 10.9. The minimum Gasteiger partial charge on any atom is -0.497 e. The maximum absolute atomic E-state index is 13.8. The number of anilines is 2. The highest BCUT2D eigenvalue weighted by atomic mass is 16.5. The lowest BCUT2D eigenvalue weighted by atomic mass is 9.86. The van der Waals surface area contributed by atoms with Gasteiger partial charge >= 0.3 is 0 Å². The van der Waals surface area contributed by atoms with Gasteiger partial charge in [-0.2, -0.15) is 0 Å². The number of aryl methyl sites for hydroxylation is 1. The summed E-state index contributed by atoms with van der Waals surface area (Å²) in [4.78, 5) is 21.0. The van der Waals surface area contributed by atoms with E-state index in [1.54, 1.807) is 14.2 Å². The van der Waals surface area contributed by atoms with Gasteiger partial charge < -0.3 is 19.3 Å². The summed E-state index contributed by atoms with van der Waals surface area (Å²) in [6, 6.07) is 14.9. The summed E-state index contributed by atoms with van der Waals surface area (Å²) < 4.78 is 10.9. The highest BCUT2D eigenvalue weighted by Crippen LogP contribution is 2.35. The van der Waals surface area contributed by atoms with Crippen LogP contribution in [0.3, 0.4) is 0 Å². The zero-order valence-electron chi connectivity index (χ0n) is 21.2. The molecule has 188 valence electrons. The third kappa shape index (κ3) is 5.27. The van der Waals surface area contributed by atoms with Gasteiger partial charge in [0.15, 0.2) is 0 Å². The molecule has 5 rings (SSSR count). The van der Waals surface area contributed by atoms with E-state index in [4.69, 9.17) is 9.47 Å². The molecule has 2 aromatic carbocycles. The summed E-state index contributed by atoms with van der Waals surface area (Å²) in [5.74, 6) is 2.19. The van der Waals surface area contributed by atoms with Gasteiger partial charge in [-0.1, -0.05) is 37.5 Å². The van der Waals surface area contributed by atoms with Crippen LogP contribution < -0.4 is 19.3 Å². The van der Waals surface area contributed by atoms with Crippen LogP contribution >= 0.6 is 0 Å². The molecule has 1 aliphatic carbocycles. The second-order valence-corrected chi connectivity index (χ2v) is 10.2. The second-order valence-electron chi connectivity index (χ2n) is 10.2. The van der Waals surface area contributed by atoms with Crippen molar-refractivity contribution < 1.29 is 14.3 Å². The average molecular weight is 478 g/mol. The van der Waals surface area contributed by atoms with Crippen molar-refractivity contribution in [3.63, 3.8) is 0 Å². The highest BCUT2D eigenvalue weighted by Gasteiger charge is 2.36. The molecule has 2 aliphatic heterocycles. The van der Waals surface area contributed by atoms with Gasteiger partial charge in [-0.3, -0.25) is 9.69 Å². The van der Waals surface area contributed by atoms with E-state index in [1.165, 1.54) is 24.8 Å². The van der Waals surface area contributed by atoms with Crippen molar-refractivity contribution in [3.8, 4) is 11.5 Å². The van der Waals surface area contributed by atoms with E-state index in [-0.39, 0.29) is 12.0 Å². The summed E-state index contributed by atoms with van der Waals surface area (Å²) in [7, 11) is 3.39. The smallest absolute Gasteiger partial charge is 0.230 e. The van der Waals surface area contributed by atoms with Crippen molar-refractivity contribution in [3.05, 3.63) is 48.0 Å². The summed E-state index contributed by atoms with van der Waals surface area (Å²) in [6.07, 6.45) is 7.84. The zero-order valence-corrected chi connectivity index (χ0v) is 21.2. The zero-order chi connectivity index (χ0) is 24.2. The van der Waals surface area contributed by atoms with Crippen LogP contribution in [-0.2, 0) is 11.2 Å². The Morgan fingerprint density at radius 3 is 2.26 bits per heavy atom. The van der Waals surface area contributed by atoms with Crippen molar-refractivity contribution in [1.29, 1.82) is 0 Å². The summed E-state index contributed by atoms with van der Waals surface area (Å²) in [5.41, 5.74) is 3.62. The molecule has 1 unspecified atom stereocenters. The monoisotopic (exact) mass is 477 g/mol. The molecule has 35 heavy (non-hydrogen) atoms. The lowest BCUT2D eigenvalue weighted by Crippen LogP contribution is -2.55. The van der Waals surface area contributed by atoms with E-state index in [0.29, 0.717) is 5.91 Å². The third-order valence-electron chi connectivity index (χ3n) is 8.10. The van der Waals surface area contributed by atoms with Crippen LogP contribution in [0.2, 0.25) is 0 Å². The Hall–Kier alpha value is -2.73. The predicted octanol–water partition coefficient (Wildman–Crippen LogP) is 4.75. The predicted molar refractivity (Wildman–Crippen MR) is 141 cm³/mol. The molecule has 2 heterocycles. The Labute approximate surface area is 209 Å². The number of hydrogen-bond acceptors (Lipinski definition) is 5. The first-order chi connectivity index (χ1) is 17.2. The largest absolute Gasteiger partial charge is 0.497 e. The van der Waals surface area contributed by atoms with Gasteiger partial charge in [0.1, 0.15) is 11.5 Å². The lowest BCUT2D eigenvalue weighted by Gasteiger charge is -2.43. The fourth-order valence-corrected chi connectivity index (χ4v) is 6.08. The number of amides is 1. The maximum atomic E-state index is 13.8. The lowest BCUT2D eigenvalue weighted by molar-refractivity contribution is -0.124. The molecule has 0 radical (unpaired) electrons. The number of fused-ring (bicyclic) bond motifs is 1. The first-order valence-corrected chi connectivity index (χ1v) is 13.3. The molecule has 0 N–H and O–H groups in total. The van der Waals surface area contributed by atoms with Gasteiger partial charge in [-0.05, 0) is 37.3 Å².